The molecule has 0 fully saturated rings. The third-order valence-electron chi connectivity index (χ3n) is 2.24. The molecule has 1 aromatic rings. The van der Waals surface area contributed by atoms with Crippen molar-refractivity contribution in [1.82, 2.24) is 15.0 Å². The highest BCUT2D eigenvalue weighted by Crippen LogP contribution is 2.21. The van der Waals surface area contributed by atoms with E-state index in [-0.39, 0.29) is 12.0 Å². The van der Waals surface area contributed by atoms with Gasteiger partial charge in [0.25, 0.3) is 0 Å². The van der Waals surface area contributed by atoms with Gasteiger partial charge in [-0.3, -0.25) is 0 Å². The lowest BCUT2D eigenvalue weighted by molar-refractivity contribution is -0.173. The van der Waals surface area contributed by atoms with E-state index in [1.165, 1.54) is 13.1 Å². The Morgan fingerprint density at radius 2 is 2.06 bits per heavy atom. The lowest BCUT2D eigenvalue weighted by atomic mass is 9.93. The maximum atomic E-state index is 13.4. The van der Waals surface area contributed by atoms with Crippen LogP contribution in [0.1, 0.15) is 33.4 Å². The maximum Gasteiger partial charge on any atom is 0.379 e. The van der Waals surface area contributed by atoms with Crippen molar-refractivity contribution in [3.05, 3.63) is 11.9 Å². The standard InChI is InChI=1S/C11H17F2N3O2/c1-5-18-9(17)11(12,13)7-16-6-8(14-15-16)10(2,3)4/h6H,5,7H2,1-4H3. The van der Waals surface area contributed by atoms with E-state index in [9.17, 15) is 13.6 Å². The van der Waals surface area contributed by atoms with Crippen molar-refractivity contribution in [3.8, 4) is 0 Å². The van der Waals surface area contributed by atoms with Gasteiger partial charge in [0, 0.05) is 11.6 Å². The first-order valence-corrected chi connectivity index (χ1v) is 5.62. The normalized spacial score (nSPS) is 12.6. The molecule has 0 bridgehead atoms. The third kappa shape index (κ3) is 3.48. The molecule has 0 N–H and O–H groups in total. The fourth-order valence-electron chi connectivity index (χ4n) is 1.22. The molecule has 0 atom stereocenters. The van der Waals surface area contributed by atoms with Gasteiger partial charge in [-0.15, -0.1) is 5.10 Å². The third-order valence-corrected chi connectivity index (χ3v) is 2.24. The van der Waals surface area contributed by atoms with Crippen molar-refractivity contribution < 1.29 is 18.3 Å². The summed E-state index contributed by atoms with van der Waals surface area (Å²) in [5, 5.41) is 7.39. The maximum absolute atomic E-state index is 13.4. The second kappa shape index (κ2) is 4.99. The molecular formula is C11H17F2N3O2. The van der Waals surface area contributed by atoms with Crippen LogP contribution >= 0.6 is 0 Å². The zero-order valence-electron chi connectivity index (χ0n) is 10.9. The molecular weight excluding hydrogens is 244 g/mol. The Hall–Kier alpha value is -1.53. The summed E-state index contributed by atoms with van der Waals surface area (Å²) in [7, 11) is 0. The van der Waals surface area contributed by atoms with Gasteiger partial charge in [0.1, 0.15) is 6.54 Å². The quantitative estimate of drug-likeness (QED) is 0.775. The second-order valence-electron chi connectivity index (χ2n) is 4.98. The molecule has 0 aliphatic carbocycles. The first kappa shape index (κ1) is 14.5. The number of esters is 1. The van der Waals surface area contributed by atoms with E-state index < -0.39 is 18.4 Å². The lowest BCUT2D eigenvalue weighted by Gasteiger charge is -2.15. The minimum atomic E-state index is -3.60. The number of aromatic nitrogens is 3. The molecule has 1 heterocycles. The van der Waals surface area contributed by atoms with E-state index in [0.29, 0.717) is 5.69 Å². The number of alkyl halides is 2. The van der Waals surface area contributed by atoms with Crippen molar-refractivity contribution in [3.63, 3.8) is 0 Å². The molecule has 1 rings (SSSR count). The fourth-order valence-corrected chi connectivity index (χ4v) is 1.22. The molecule has 0 amide bonds. The van der Waals surface area contributed by atoms with Crippen LogP contribution < -0.4 is 0 Å². The van der Waals surface area contributed by atoms with Gasteiger partial charge in [-0.1, -0.05) is 26.0 Å². The number of carbonyl (C=O) groups excluding carboxylic acids is 1. The molecule has 102 valence electrons. The minimum absolute atomic E-state index is 0.0843. The largest absolute Gasteiger partial charge is 0.462 e. The minimum Gasteiger partial charge on any atom is -0.462 e. The van der Waals surface area contributed by atoms with Gasteiger partial charge in [0.15, 0.2) is 0 Å². The summed E-state index contributed by atoms with van der Waals surface area (Å²) in [5.74, 6) is -5.14. The number of carbonyl (C=O) groups is 1. The summed E-state index contributed by atoms with van der Waals surface area (Å²) < 4.78 is 32.1. The Morgan fingerprint density at radius 1 is 1.44 bits per heavy atom. The highest BCUT2D eigenvalue weighted by Gasteiger charge is 2.41. The number of rotatable bonds is 4. The van der Waals surface area contributed by atoms with Gasteiger partial charge in [0.2, 0.25) is 0 Å². The number of ether oxygens (including phenoxy) is 1. The average molecular weight is 261 g/mol. The molecule has 0 saturated heterocycles. The van der Waals surface area contributed by atoms with Crippen LogP contribution in [0.4, 0.5) is 8.78 Å². The zero-order chi connectivity index (χ0) is 14.0. The van der Waals surface area contributed by atoms with Crippen LogP contribution in [-0.4, -0.2) is 33.5 Å². The van der Waals surface area contributed by atoms with Crippen LogP contribution in [0.15, 0.2) is 6.20 Å². The smallest absolute Gasteiger partial charge is 0.379 e. The van der Waals surface area contributed by atoms with Crippen LogP contribution in [-0.2, 0) is 21.5 Å². The molecule has 5 nitrogen and oxygen atoms in total. The van der Waals surface area contributed by atoms with Crippen molar-refractivity contribution >= 4 is 5.97 Å². The SMILES string of the molecule is CCOC(=O)C(F)(F)Cn1cc(C(C)(C)C)nn1. The summed E-state index contributed by atoms with van der Waals surface area (Å²) in [6.07, 6.45) is 1.41. The average Bonchev–Trinajstić information content (AvgIpc) is 2.65. The molecule has 0 aromatic carbocycles. The van der Waals surface area contributed by atoms with Gasteiger partial charge < -0.3 is 4.74 Å². The highest BCUT2D eigenvalue weighted by atomic mass is 19.3. The second-order valence-corrected chi connectivity index (χ2v) is 4.98. The van der Waals surface area contributed by atoms with E-state index in [0.717, 1.165) is 4.68 Å². The summed E-state index contributed by atoms with van der Waals surface area (Å²) in [4.78, 5) is 11.0. The number of nitrogens with zero attached hydrogens (tertiary/aromatic N) is 3. The van der Waals surface area contributed by atoms with E-state index in [1.54, 1.807) is 0 Å². The summed E-state index contributed by atoms with van der Waals surface area (Å²) in [6.45, 7) is 6.20. The van der Waals surface area contributed by atoms with Gasteiger partial charge in [-0.25, -0.2) is 9.48 Å². The molecule has 18 heavy (non-hydrogen) atoms. The molecule has 0 aliphatic heterocycles. The topological polar surface area (TPSA) is 57.0 Å². The van der Waals surface area contributed by atoms with E-state index in [1.807, 2.05) is 20.8 Å². The van der Waals surface area contributed by atoms with Crippen molar-refractivity contribution in [2.24, 2.45) is 0 Å². The molecule has 1 aromatic heterocycles. The molecule has 0 unspecified atom stereocenters. The number of hydrogen-bond donors (Lipinski definition) is 0. The summed E-state index contributed by atoms with van der Waals surface area (Å²) in [6, 6.07) is 0. The fraction of sp³-hybridized carbons (Fsp3) is 0.727. The summed E-state index contributed by atoms with van der Waals surface area (Å²) in [5.41, 5.74) is 0.305. The number of halogens is 2. The Morgan fingerprint density at radius 3 is 2.50 bits per heavy atom. The highest BCUT2D eigenvalue weighted by molar-refractivity contribution is 5.77. The van der Waals surface area contributed by atoms with Crippen LogP contribution in [0.5, 0.6) is 0 Å². The molecule has 0 spiro atoms. The van der Waals surface area contributed by atoms with Gasteiger partial charge >= 0.3 is 11.9 Å². The van der Waals surface area contributed by atoms with Crippen LogP contribution in [0.3, 0.4) is 0 Å². The Balaban J connectivity index is 2.79. The Bertz CT molecular complexity index is 424. The van der Waals surface area contributed by atoms with Crippen molar-refractivity contribution in [1.29, 1.82) is 0 Å². The molecule has 0 radical (unpaired) electrons. The van der Waals surface area contributed by atoms with E-state index in [4.69, 9.17) is 0 Å². The van der Waals surface area contributed by atoms with E-state index >= 15 is 0 Å². The Kier molecular flexibility index (Phi) is 4.03. The van der Waals surface area contributed by atoms with Gasteiger partial charge in [-0.05, 0) is 6.92 Å². The van der Waals surface area contributed by atoms with Crippen LogP contribution in [0.2, 0.25) is 0 Å². The lowest BCUT2D eigenvalue weighted by Crippen LogP contribution is -2.35. The monoisotopic (exact) mass is 261 g/mol. The molecule has 0 saturated carbocycles. The van der Waals surface area contributed by atoms with Crippen LogP contribution in [0, 0.1) is 0 Å². The Labute approximate surface area is 104 Å². The zero-order valence-corrected chi connectivity index (χ0v) is 10.9. The first-order valence-electron chi connectivity index (χ1n) is 5.62. The van der Waals surface area contributed by atoms with Gasteiger partial charge in [0.05, 0.1) is 12.3 Å². The first-order chi connectivity index (χ1) is 8.16. The predicted molar refractivity (Wildman–Crippen MR) is 60.3 cm³/mol. The summed E-state index contributed by atoms with van der Waals surface area (Å²) >= 11 is 0. The molecule has 7 heteroatoms. The van der Waals surface area contributed by atoms with Crippen molar-refractivity contribution in [2.45, 2.75) is 45.6 Å². The van der Waals surface area contributed by atoms with Gasteiger partial charge in [-0.2, -0.15) is 8.78 Å². The van der Waals surface area contributed by atoms with Crippen LogP contribution in [0.25, 0.3) is 0 Å². The number of hydrogen-bond acceptors (Lipinski definition) is 4. The van der Waals surface area contributed by atoms with E-state index in [2.05, 4.69) is 15.0 Å². The predicted octanol–water partition coefficient (Wildman–Crippen LogP) is 1.77. The molecule has 0 aliphatic rings. The van der Waals surface area contributed by atoms with Crippen molar-refractivity contribution in [2.75, 3.05) is 6.61 Å².